The summed E-state index contributed by atoms with van der Waals surface area (Å²) in [6.45, 7) is 2.18. The Morgan fingerprint density at radius 3 is 2.43 bits per heavy atom. The highest BCUT2D eigenvalue weighted by atomic mass is 19.1. The topological polar surface area (TPSA) is 50.9 Å². The van der Waals surface area contributed by atoms with Gasteiger partial charge in [0, 0.05) is 5.92 Å². The van der Waals surface area contributed by atoms with Gasteiger partial charge in [-0.2, -0.15) is 5.10 Å². The second-order valence-electron chi connectivity index (χ2n) is 5.66. The van der Waals surface area contributed by atoms with Gasteiger partial charge >= 0.3 is 0 Å². The third-order valence-electron chi connectivity index (χ3n) is 4.23. The van der Waals surface area contributed by atoms with Crippen molar-refractivity contribution in [2.24, 2.45) is 0 Å². The van der Waals surface area contributed by atoms with Gasteiger partial charge in [0.25, 0.3) is 0 Å². The summed E-state index contributed by atoms with van der Waals surface area (Å²) in [5, 5.41) is 15.5. The number of halogens is 1. The van der Waals surface area contributed by atoms with E-state index in [1.807, 2.05) is 37.3 Å². The number of benzene rings is 2. The van der Waals surface area contributed by atoms with Crippen molar-refractivity contribution in [3.63, 3.8) is 0 Å². The van der Waals surface area contributed by atoms with Gasteiger partial charge in [0.2, 0.25) is 0 Å². The molecule has 0 spiro atoms. The van der Waals surface area contributed by atoms with Gasteiger partial charge in [0.1, 0.15) is 24.1 Å². The minimum Gasteiger partial charge on any atom is -0.383 e. The highest BCUT2D eigenvalue weighted by Crippen LogP contribution is 2.38. The predicted molar refractivity (Wildman–Crippen MR) is 85.2 cm³/mol. The van der Waals surface area contributed by atoms with E-state index in [2.05, 4.69) is 10.1 Å². The zero-order valence-corrected chi connectivity index (χ0v) is 12.8. The normalized spacial score (nSPS) is 15.1. The first kappa shape index (κ1) is 15.4. The van der Waals surface area contributed by atoms with E-state index >= 15 is 0 Å². The highest BCUT2D eigenvalue weighted by molar-refractivity contribution is 5.31. The maximum Gasteiger partial charge on any atom is 0.137 e. The van der Waals surface area contributed by atoms with Crippen LogP contribution in [-0.4, -0.2) is 19.9 Å². The Labute approximate surface area is 134 Å². The number of hydrogen-bond donors (Lipinski definition) is 1. The maximum absolute atomic E-state index is 13.3. The van der Waals surface area contributed by atoms with E-state index in [4.69, 9.17) is 0 Å². The van der Waals surface area contributed by atoms with Crippen molar-refractivity contribution >= 4 is 0 Å². The average molecular weight is 311 g/mol. The van der Waals surface area contributed by atoms with Crippen LogP contribution >= 0.6 is 0 Å². The van der Waals surface area contributed by atoms with Crippen LogP contribution in [0.4, 0.5) is 4.39 Å². The van der Waals surface area contributed by atoms with Crippen molar-refractivity contribution in [2.75, 3.05) is 0 Å². The lowest BCUT2D eigenvalue weighted by Gasteiger charge is -2.35. The summed E-state index contributed by atoms with van der Waals surface area (Å²) in [6, 6.07) is 15.7. The molecule has 2 unspecified atom stereocenters. The van der Waals surface area contributed by atoms with Crippen molar-refractivity contribution in [2.45, 2.75) is 25.0 Å². The molecule has 0 aliphatic rings. The van der Waals surface area contributed by atoms with E-state index in [1.165, 1.54) is 18.5 Å². The zero-order valence-electron chi connectivity index (χ0n) is 12.8. The molecule has 0 bridgehead atoms. The number of aromatic nitrogens is 3. The molecule has 23 heavy (non-hydrogen) atoms. The lowest BCUT2D eigenvalue weighted by atomic mass is 9.78. The van der Waals surface area contributed by atoms with Crippen molar-refractivity contribution in [1.82, 2.24) is 14.8 Å². The molecule has 5 heteroatoms. The highest BCUT2D eigenvalue weighted by Gasteiger charge is 2.37. The van der Waals surface area contributed by atoms with Crippen molar-refractivity contribution in [3.8, 4) is 0 Å². The summed E-state index contributed by atoms with van der Waals surface area (Å²) in [7, 11) is 0. The Morgan fingerprint density at radius 1 is 1.13 bits per heavy atom. The van der Waals surface area contributed by atoms with E-state index in [0.29, 0.717) is 5.56 Å². The molecule has 0 radical (unpaired) electrons. The summed E-state index contributed by atoms with van der Waals surface area (Å²) >= 11 is 0. The molecule has 1 N–H and O–H groups in total. The number of aliphatic hydroxyl groups is 1. The standard InChI is InChI=1S/C18H18FN3O/c1-14(15-5-3-2-4-6-15)18(23,11-22-13-20-12-21-22)16-7-9-17(19)10-8-16/h2-10,12-14,23H,11H2,1H3. The maximum atomic E-state index is 13.3. The van der Waals surface area contributed by atoms with Gasteiger partial charge in [-0.05, 0) is 23.3 Å². The third-order valence-corrected chi connectivity index (χ3v) is 4.23. The quantitative estimate of drug-likeness (QED) is 0.787. The monoisotopic (exact) mass is 311 g/mol. The van der Waals surface area contributed by atoms with Gasteiger partial charge in [-0.25, -0.2) is 14.1 Å². The van der Waals surface area contributed by atoms with Crippen LogP contribution in [0.2, 0.25) is 0 Å². The van der Waals surface area contributed by atoms with Crippen LogP contribution < -0.4 is 0 Å². The minimum atomic E-state index is -1.23. The number of hydrogen-bond acceptors (Lipinski definition) is 3. The molecular weight excluding hydrogens is 293 g/mol. The van der Waals surface area contributed by atoms with Crippen LogP contribution in [-0.2, 0) is 12.1 Å². The smallest absolute Gasteiger partial charge is 0.137 e. The molecule has 118 valence electrons. The van der Waals surface area contributed by atoms with E-state index in [-0.39, 0.29) is 18.3 Å². The van der Waals surface area contributed by atoms with Gasteiger partial charge in [0.15, 0.2) is 0 Å². The van der Waals surface area contributed by atoms with Crippen LogP contribution in [0.1, 0.15) is 24.0 Å². The van der Waals surface area contributed by atoms with Crippen molar-refractivity contribution in [3.05, 3.63) is 84.2 Å². The Balaban J connectivity index is 2.03. The van der Waals surface area contributed by atoms with Crippen LogP contribution in [0.5, 0.6) is 0 Å². The summed E-state index contributed by atoms with van der Waals surface area (Å²) in [5.74, 6) is -0.539. The molecule has 1 aromatic heterocycles. The van der Waals surface area contributed by atoms with Crippen molar-refractivity contribution in [1.29, 1.82) is 0 Å². The zero-order chi connectivity index (χ0) is 16.3. The number of rotatable bonds is 5. The minimum absolute atomic E-state index is 0.210. The fourth-order valence-corrected chi connectivity index (χ4v) is 2.80. The predicted octanol–water partition coefficient (Wildman–Crippen LogP) is 3.11. The Morgan fingerprint density at radius 2 is 1.83 bits per heavy atom. The fourth-order valence-electron chi connectivity index (χ4n) is 2.80. The molecule has 3 rings (SSSR count). The molecule has 0 fully saturated rings. The van der Waals surface area contributed by atoms with Gasteiger partial charge < -0.3 is 5.11 Å². The Kier molecular flexibility index (Phi) is 4.21. The van der Waals surface area contributed by atoms with E-state index in [9.17, 15) is 9.50 Å². The largest absolute Gasteiger partial charge is 0.383 e. The van der Waals surface area contributed by atoms with E-state index < -0.39 is 5.60 Å². The second-order valence-corrected chi connectivity index (χ2v) is 5.66. The van der Waals surface area contributed by atoms with E-state index in [0.717, 1.165) is 5.56 Å². The second kappa shape index (κ2) is 6.30. The molecule has 4 nitrogen and oxygen atoms in total. The Bertz CT molecular complexity index is 744. The summed E-state index contributed by atoms with van der Waals surface area (Å²) in [5.41, 5.74) is 0.410. The summed E-state index contributed by atoms with van der Waals surface area (Å²) in [4.78, 5) is 3.93. The van der Waals surface area contributed by atoms with Gasteiger partial charge in [0.05, 0.1) is 6.54 Å². The molecule has 2 atom stereocenters. The van der Waals surface area contributed by atoms with Gasteiger partial charge in [-0.1, -0.05) is 49.4 Å². The molecule has 0 saturated carbocycles. The van der Waals surface area contributed by atoms with Crippen molar-refractivity contribution < 1.29 is 9.50 Å². The van der Waals surface area contributed by atoms with Crippen LogP contribution in [0.25, 0.3) is 0 Å². The molecule has 1 heterocycles. The lowest BCUT2D eigenvalue weighted by Crippen LogP contribution is -2.37. The lowest BCUT2D eigenvalue weighted by molar-refractivity contribution is -0.00804. The molecular formula is C18H18FN3O. The fraction of sp³-hybridized carbons (Fsp3) is 0.222. The summed E-state index contributed by atoms with van der Waals surface area (Å²) in [6.07, 6.45) is 2.99. The number of nitrogens with zero attached hydrogens (tertiary/aromatic N) is 3. The molecule has 0 aliphatic heterocycles. The third kappa shape index (κ3) is 3.14. The SMILES string of the molecule is CC(c1ccccc1)C(O)(Cn1cncn1)c1ccc(F)cc1. The van der Waals surface area contributed by atoms with Gasteiger partial charge in [-0.15, -0.1) is 0 Å². The molecule has 0 aliphatic carbocycles. The van der Waals surface area contributed by atoms with E-state index in [1.54, 1.807) is 23.1 Å². The first-order valence-electron chi connectivity index (χ1n) is 7.45. The van der Waals surface area contributed by atoms with Crippen LogP contribution in [0, 0.1) is 5.82 Å². The van der Waals surface area contributed by atoms with Crippen LogP contribution in [0.3, 0.4) is 0 Å². The average Bonchev–Trinajstić information content (AvgIpc) is 3.08. The molecule has 0 amide bonds. The molecule has 2 aromatic carbocycles. The van der Waals surface area contributed by atoms with Gasteiger partial charge in [-0.3, -0.25) is 0 Å². The van der Waals surface area contributed by atoms with Crippen LogP contribution in [0.15, 0.2) is 67.3 Å². The summed E-state index contributed by atoms with van der Waals surface area (Å²) < 4.78 is 14.9. The first-order chi connectivity index (χ1) is 11.1. The first-order valence-corrected chi connectivity index (χ1v) is 7.45. The molecule has 3 aromatic rings. The Hall–Kier alpha value is -2.53. The molecule has 0 saturated heterocycles.